The van der Waals surface area contributed by atoms with Gasteiger partial charge in [-0.05, 0) is 6.07 Å². The molecule has 0 amide bonds. The molecular weight excluding hydrogens is 403 g/mol. The molecule has 4 rings (SSSR count). The number of nitrogens with zero attached hydrogens (tertiary/aromatic N) is 4. The molecule has 1 N–H and O–H groups in total. The van der Waals surface area contributed by atoms with E-state index in [1.807, 2.05) is 0 Å². The number of ether oxygens (including phenoxy) is 1. The number of rotatable bonds is 6. The normalized spacial score (nSPS) is 14.2. The number of carboxylic acids is 1. The Kier molecular flexibility index (Phi) is 4.84. The van der Waals surface area contributed by atoms with Crippen LogP contribution in [0.25, 0.3) is 16.2 Å². The van der Waals surface area contributed by atoms with Crippen LogP contribution in [-0.2, 0) is 9.53 Å². The zero-order chi connectivity index (χ0) is 20.7. The van der Waals surface area contributed by atoms with E-state index in [0.717, 1.165) is 12.3 Å². The molecule has 1 aliphatic heterocycles. The molecule has 0 saturated carbocycles. The maximum absolute atomic E-state index is 14.7. The number of anilines is 1. The smallest absolute Gasteiger partial charge is 0.341 e. The summed E-state index contributed by atoms with van der Waals surface area (Å²) in [5.74, 6) is -2.54. The minimum absolute atomic E-state index is 0.00626. The standard InChI is InChI=1S/C18H15FN4O5S/c1-28-8-13(24)9-5-22(6-9)16-12(19)4-10-14(25)11(17(26)27)7-23(15(10)21-16)18-20-2-3-29-18/h2-4,7,9H,5-6,8H2,1H3,(H,26,27). The van der Waals surface area contributed by atoms with Crippen molar-refractivity contribution in [2.24, 2.45) is 5.92 Å². The fourth-order valence-corrected chi connectivity index (χ4v) is 3.80. The highest BCUT2D eigenvalue weighted by molar-refractivity contribution is 7.12. The highest BCUT2D eigenvalue weighted by Gasteiger charge is 2.35. The maximum Gasteiger partial charge on any atom is 0.341 e. The van der Waals surface area contributed by atoms with Crippen LogP contribution in [-0.4, -0.2) is 58.2 Å². The Morgan fingerprint density at radius 3 is 2.79 bits per heavy atom. The van der Waals surface area contributed by atoms with Gasteiger partial charge in [-0.1, -0.05) is 0 Å². The zero-order valence-corrected chi connectivity index (χ0v) is 16.0. The number of thiazole rings is 1. The van der Waals surface area contributed by atoms with E-state index in [1.165, 1.54) is 29.2 Å². The predicted molar refractivity (Wildman–Crippen MR) is 103 cm³/mol. The fourth-order valence-electron chi connectivity index (χ4n) is 3.18. The van der Waals surface area contributed by atoms with Crippen LogP contribution in [0.4, 0.5) is 10.2 Å². The molecule has 11 heteroatoms. The van der Waals surface area contributed by atoms with Crippen LogP contribution in [0.5, 0.6) is 0 Å². The van der Waals surface area contributed by atoms with E-state index >= 15 is 0 Å². The van der Waals surface area contributed by atoms with E-state index in [2.05, 4.69) is 9.97 Å². The molecule has 1 aliphatic rings. The topological polar surface area (TPSA) is 115 Å². The average molecular weight is 418 g/mol. The van der Waals surface area contributed by atoms with Gasteiger partial charge in [-0.3, -0.25) is 14.2 Å². The number of pyridine rings is 2. The molecule has 1 fully saturated rings. The lowest BCUT2D eigenvalue weighted by molar-refractivity contribution is -0.127. The summed E-state index contributed by atoms with van der Waals surface area (Å²) in [6.07, 6.45) is 2.66. The lowest BCUT2D eigenvalue weighted by Crippen LogP contribution is -2.52. The summed E-state index contributed by atoms with van der Waals surface area (Å²) in [7, 11) is 1.43. The quantitative estimate of drug-likeness (QED) is 0.638. The molecule has 0 aliphatic carbocycles. The van der Waals surface area contributed by atoms with Crippen LogP contribution in [0.15, 0.2) is 28.6 Å². The molecule has 4 heterocycles. The van der Waals surface area contributed by atoms with Crippen LogP contribution in [0.3, 0.4) is 0 Å². The second-order valence-electron chi connectivity index (χ2n) is 6.53. The molecule has 9 nitrogen and oxygen atoms in total. The van der Waals surface area contributed by atoms with Crippen molar-refractivity contribution in [1.29, 1.82) is 0 Å². The van der Waals surface area contributed by atoms with Crippen LogP contribution in [0, 0.1) is 11.7 Å². The molecule has 3 aromatic heterocycles. The Bertz CT molecular complexity index is 1170. The Morgan fingerprint density at radius 1 is 1.41 bits per heavy atom. The summed E-state index contributed by atoms with van der Waals surface area (Å²) in [6.45, 7) is 0.562. The molecule has 0 radical (unpaired) electrons. The molecule has 0 unspecified atom stereocenters. The second kappa shape index (κ2) is 7.33. The predicted octanol–water partition coefficient (Wildman–Crippen LogP) is 1.33. The Balaban J connectivity index is 1.82. The summed E-state index contributed by atoms with van der Waals surface area (Å²) in [5.41, 5.74) is -1.23. The molecule has 0 aromatic carbocycles. The molecule has 29 heavy (non-hydrogen) atoms. The first-order chi connectivity index (χ1) is 13.9. The number of halogens is 1. The summed E-state index contributed by atoms with van der Waals surface area (Å²) >= 11 is 1.22. The molecule has 0 bridgehead atoms. The lowest BCUT2D eigenvalue weighted by Gasteiger charge is -2.39. The van der Waals surface area contributed by atoms with Crippen molar-refractivity contribution in [2.45, 2.75) is 0 Å². The number of methoxy groups -OCH3 is 1. The van der Waals surface area contributed by atoms with Crippen molar-refractivity contribution in [1.82, 2.24) is 14.5 Å². The van der Waals surface area contributed by atoms with Crippen molar-refractivity contribution in [2.75, 3.05) is 31.7 Å². The maximum atomic E-state index is 14.7. The van der Waals surface area contributed by atoms with Gasteiger partial charge in [0.2, 0.25) is 5.43 Å². The van der Waals surface area contributed by atoms with Gasteiger partial charge >= 0.3 is 5.97 Å². The minimum atomic E-state index is -1.42. The van der Waals surface area contributed by atoms with Gasteiger partial charge in [-0.15, -0.1) is 11.3 Å². The third-order valence-corrected chi connectivity index (χ3v) is 5.46. The van der Waals surface area contributed by atoms with Crippen molar-refractivity contribution >= 4 is 39.9 Å². The van der Waals surface area contributed by atoms with Crippen LogP contribution in [0.1, 0.15) is 10.4 Å². The number of fused-ring (bicyclic) bond motifs is 1. The van der Waals surface area contributed by atoms with Crippen LogP contribution >= 0.6 is 11.3 Å². The third kappa shape index (κ3) is 3.28. The molecular formula is C18H15FN4O5S. The molecule has 150 valence electrons. The van der Waals surface area contributed by atoms with Gasteiger partial charge < -0.3 is 14.7 Å². The van der Waals surface area contributed by atoms with Crippen LogP contribution < -0.4 is 10.3 Å². The SMILES string of the molecule is COCC(=O)C1CN(c2nc3c(cc2F)c(=O)c(C(=O)O)cn3-c2nccs2)C1. The van der Waals surface area contributed by atoms with Crippen molar-refractivity contribution in [3.63, 3.8) is 0 Å². The molecule has 0 spiro atoms. The van der Waals surface area contributed by atoms with Crippen molar-refractivity contribution in [3.8, 4) is 5.13 Å². The molecule has 3 aromatic rings. The number of carbonyl (C=O) groups excluding carboxylic acids is 1. The number of hydrogen-bond acceptors (Lipinski definition) is 8. The van der Waals surface area contributed by atoms with Crippen LogP contribution in [0.2, 0.25) is 0 Å². The summed E-state index contributed by atoms with van der Waals surface area (Å²) in [6, 6.07) is 0.987. The highest BCUT2D eigenvalue weighted by Crippen LogP contribution is 2.29. The Hall–Kier alpha value is -3.18. The summed E-state index contributed by atoms with van der Waals surface area (Å²) in [4.78, 5) is 45.9. The number of ketones is 1. The lowest BCUT2D eigenvalue weighted by atomic mass is 9.95. The van der Waals surface area contributed by atoms with Gasteiger partial charge in [0.15, 0.2) is 28.2 Å². The number of aromatic carboxylic acids is 1. The highest BCUT2D eigenvalue weighted by atomic mass is 32.1. The van der Waals surface area contributed by atoms with Gasteiger partial charge in [0, 0.05) is 38.0 Å². The number of Topliss-reactive ketones (excluding diaryl/α,β-unsaturated/α-hetero) is 1. The first-order valence-corrected chi connectivity index (χ1v) is 9.44. The Morgan fingerprint density at radius 2 is 2.17 bits per heavy atom. The summed E-state index contributed by atoms with van der Waals surface area (Å²) in [5, 5.41) is 11.3. The average Bonchev–Trinajstić information content (AvgIpc) is 3.16. The second-order valence-corrected chi connectivity index (χ2v) is 7.40. The molecule has 0 atom stereocenters. The molecule has 1 saturated heterocycles. The fraction of sp³-hybridized carbons (Fsp3) is 0.278. The zero-order valence-electron chi connectivity index (χ0n) is 15.2. The third-order valence-electron chi connectivity index (χ3n) is 4.69. The van der Waals surface area contributed by atoms with Crippen molar-refractivity contribution < 1.29 is 23.8 Å². The monoisotopic (exact) mass is 418 g/mol. The van der Waals surface area contributed by atoms with E-state index in [0.29, 0.717) is 5.13 Å². The van der Waals surface area contributed by atoms with Gasteiger partial charge in [-0.2, -0.15) is 0 Å². The minimum Gasteiger partial charge on any atom is -0.477 e. The number of carboxylic acid groups (broad SMARTS) is 1. The van der Waals surface area contributed by atoms with E-state index in [9.17, 15) is 23.9 Å². The van der Waals surface area contributed by atoms with E-state index in [1.54, 1.807) is 10.3 Å². The van der Waals surface area contributed by atoms with E-state index in [4.69, 9.17) is 4.74 Å². The van der Waals surface area contributed by atoms with Crippen molar-refractivity contribution in [3.05, 3.63) is 45.4 Å². The van der Waals surface area contributed by atoms with Gasteiger partial charge in [0.05, 0.1) is 11.3 Å². The van der Waals surface area contributed by atoms with Gasteiger partial charge in [-0.25, -0.2) is 19.2 Å². The first-order valence-electron chi connectivity index (χ1n) is 8.56. The Labute approximate surface area is 167 Å². The van der Waals surface area contributed by atoms with Gasteiger partial charge in [0.25, 0.3) is 0 Å². The number of hydrogen-bond donors (Lipinski definition) is 1. The van der Waals surface area contributed by atoms with E-state index in [-0.39, 0.29) is 48.2 Å². The number of aromatic nitrogens is 3. The largest absolute Gasteiger partial charge is 0.477 e. The number of carbonyl (C=O) groups is 2. The first kappa shape index (κ1) is 19.2. The van der Waals surface area contributed by atoms with E-state index < -0.39 is 22.8 Å². The van der Waals surface area contributed by atoms with Gasteiger partial charge in [0.1, 0.15) is 12.2 Å². The summed E-state index contributed by atoms with van der Waals surface area (Å²) < 4.78 is 20.9.